The summed E-state index contributed by atoms with van der Waals surface area (Å²) in [5.41, 5.74) is 8.33. The molecule has 0 N–H and O–H groups in total. The lowest BCUT2D eigenvalue weighted by molar-refractivity contribution is 0.668. The molecule has 0 fully saturated rings. The SMILES string of the molecule is c1ccc(-c2nc(-c3cccc4c3oc3ccccc34)nc(C3(c4ccc5ccccc5c4)c4ccccc4-c4ccccc43)n2)cc1. The molecule has 2 aromatic heterocycles. The zero-order chi connectivity index (χ0) is 31.7. The molecular formula is C44H27N3O. The zero-order valence-corrected chi connectivity index (χ0v) is 25.8. The first-order valence-corrected chi connectivity index (χ1v) is 16.2. The van der Waals surface area contributed by atoms with E-state index in [1.54, 1.807) is 0 Å². The first kappa shape index (κ1) is 26.8. The second kappa shape index (κ2) is 10.3. The molecule has 4 heteroatoms. The highest BCUT2D eigenvalue weighted by molar-refractivity contribution is 6.09. The second-order valence-electron chi connectivity index (χ2n) is 12.4. The van der Waals surface area contributed by atoms with E-state index in [1.165, 1.54) is 21.9 Å². The maximum Gasteiger partial charge on any atom is 0.167 e. The van der Waals surface area contributed by atoms with Gasteiger partial charge in [-0.15, -0.1) is 0 Å². The largest absolute Gasteiger partial charge is 0.455 e. The van der Waals surface area contributed by atoms with Gasteiger partial charge in [0, 0.05) is 16.3 Å². The Morgan fingerprint density at radius 3 is 1.88 bits per heavy atom. The fraction of sp³-hybridized carbons (Fsp3) is 0.0227. The molecular weight excluding hydrogens is 587 g/mol. The molecule has 0 unspecified atom stereocenters. The average Bonchev–Trinajstić information content (AvgIpc) is 3.69. The van der Waals surface area contributed by atoms with Crippen LogP contribution in [-0.2, 0) is 5.41 Å². The minimum absolute atomic E-state index is 0.575. The first-order valence-electron chi connectivity index (χ1n) is 16.2. The van der Waals surface area contributed by atoms with Gasteiger partial charge in [-0.25, -0.2) is 15.0 Å². The van der Waals surface area contributed by atoms with Crippen LogP contribution in [0.5, 0.6) is 0 Å². The molecule has 0 bridgehead atoms. The predicted octanol–water partition coefficient (Wildman–Crippen LogP) is 10.6. The number of nitrogens with zero attached hydrogens (tertiary/aromatic N) is 3. The first-order chi connectivity index (χ1) is 23.8. The van der Waals surface area contributed by atoms with Crippen LogP contribution in [0.1, 0.15) is 22.5 Å². The van der Waals surface area contributed by atoms with Crippen molar-refractivity contribution < 1.29 is 4.42 Å². The van der Waals surface area contributed by atoms with Gasteiger partial charge in [-0.1, -0.05) is 146 Å². The Morgan fingerprint density at radius 2 is 1.06 bits per heavy atom. The van der Waals surface area contributed by atoms with Crippen LogP contribution in [0.15, 0.2) is 168 Å². The Hall–Kier alpha value is -6.39. The summed E-state index contributed by atoms with van der Waals surface area (Å²) in [6.45, 7) is 0. The molecule has 1 aliphatic rings. The van der Waals surface area contributed by atoms with Crippen molar-refractivity contribution in [2.45, 2.75) is 5.41 Å². The van der Waals surface area contributed by atoms with Crippen molar-refractivity contribution in [1.29, 1.82) is 0 Å². The summed E-state index contributed by atoms with van der Waals surface area (Å²) in [6.07, 6.45) is 0. The minimum atomic E-state index is -0.805. The highest BCUT2D eigenvalue weighted by Crippen LogP contribution is 2.55. The van der Waals surface area contributed by atoms with Crippen LogP contribution in [0.25, 0.3) is 66.6 Å². The van der Waals surface area contributed by atoms with E-state index >= 15 is 0 Å². The van der Waals surface area contributed by atoms with Gasteiger partial charge in [0.05, 0.1) is 5.56 Å². The van der Waals surface area contributed by atoms with Crippen LogP contribution in [0.4, 0.5) is 0 Å². The van der Waals surface area contributed by atoms with Crippen LogP contribution in [-0.4, -0.2) is 15.0 Å². The number of furan rings is 1. The van der Waals surface area contributed by atoms with Crippen molar-refractivity contribution in [1.82, 2.24) is 15.0 Å². The van der Waals surface area contributed by atoms with E-state index in [1.807, 2.05) is 36.4 Å². The lowest BCUT2D eigenvalue weighted by Gasteiger charge is -2.32. The van der Waals surface area contributed by atoms with Crippen molar-refractivity contribution in [2.75, 3.05) is 0 Å². The van der Waals surface area contributed by atoms with E-state index in [2.05, 4.69) is 127 Å². The molecule has 2 heterocycles. The smallest absolute Gasteiger partial charge is 0.167 e. The molecule has 9 aromatic rings. The quantitative estimate of drug-likeness (QED) is 0.198. The van der Waals surface area contributed by atoms with Crippen LogP contribution < -0.4 is 0 Å². The van der Waals surface area contributed by atoms with Crippen molar-refractivity contribution in [3.8, 4) is 33.9 Å². The monoisotopic (exact) mass is 613 g/mol. The van der Waals surface area contributed by atoms with Gasteiger partial charge in [0.2, 0.25) is 0 Å². The molecule has 224 valence electrons. The molecule has 7 aromatic carbocycles. The van der Waals surface area contributed by atoms with Gasteiger partial charge >= 0.3 is 0 Å². The molecule has 1 aliphatic carbocycles. The van der Waals surface area contributed by atoms with Gasteiger partial charge in [0.15, 0.2) is 17.5 Å². The summed E-state index contributed by atoms with van der Waals surface area (Å²) in [6, 6.07) is 57.2. The number of hydrogen-bond donors (Lipinski definition) is 0. The Kier molecular flexibility index (Phi) is 5.75. The lowest BCUT2D eigenvalue weighted by atomic mass is 9.71. The van der Waals surface area contributed by atoms with E-state index in [0.717, 1.165) is 49.8 Å². The highest BCUT2D eigenvalue weighted by Gasteiger charge is 2.49. The number of para-hydroxylation sites is 2. The normalized spacial score (nSPS) is 13.2. The number of rotatable bonds is 4. The second-order valence-corrected chi connectivity index (χ2v) is 12.4. The fourth-order valence-electron chi connectivity index (χ4n) is 7.64. The van der Waals surface area contributed by atoms with Gasteiger partial charge < -0.3 is 4.42 Å². The van der Waals surface area contributed by atoms with E-state index in [0.29, 0.717) is 17.5 Å². The van der Waals surface area contributed by atoms with Crippen molar-refractivity contribution in [3.63, 3.8) is 0 Å². The van der Waals surface area contributed by atoms with E-state index in [9.17, 15) is 0 Å². The summed E-state index contributed by atoms with van der Waals surface area (Å²) in [5, 5.41) is 4.46. The van der Waals surface area contributed by atoms with Crippen LogP contribution in [0.3, 0.4) is 0 Å². The molecule has 4 nitrogen and oxygen atoms in total. The van der Waals surface area contributed by atoms with Crippen molar-refractivity contribution in [3.05, 3.63) is 186 Å². The van der Waals surface area contributed by atoms with Gasteiger partial charge in [-0.3, -0.25) is 0 Å². The number of fused-ring (bicyclic) bond motifs is 7. The molecule has 0 radical (unpaired) electrons. The highest BCUT2D eigenvalue weighted by atomic mass is 16.3. The molecule has 0 amide bonds. The Bertz CT molecular complexity index is 2650. The van der Waals surface area contributed by atoms with Gasteiger partial charge in [-0.2, -0.15) is 0 Å². The third-order valence-electron chi connectivity index (χ3n) is 9.78. The number of hydrogen-bond acceptors (Lipinski definition) is 4. The minimum Gasteiger partial charge on any atom is -0.455 e. The van der Waals surface area contributed by atoms with E-state index < -0.39 is 5.41 Å². The lowest BCUT2D eigenvalue weighted by Crippen LogP contribution is -2.31. The third kappa shape index (κ3) is 3.80. The van der Waals surface area contributed by atoms with Crippen LogP contribution >= 0.6 is 0 Å². The third-order valence-corrected chi connectivity index (χ3v) is 9.78. The molecule has 48 heavy (non-hydrogen) atoms. The van der Waals surface area contributed by atoms with E-state index in [-0.39, 0.29) is 0 Å². The number of benzene rings is 7. The predicted molar refractivity (Wildman–Crippen MR) is 193 cm³/mol. The molecule has 0 aliphatic heterocycles. The Morgan fingerprint density at radius 1 is 0.438 bits per heavy atom. The molecule has 0 saturated heterocycles. The number of aromatic nitrogens is 3. The standard InChI is InChI=1S/C44H27N3O/c1-2-14-29(15-3-1)41-45-42(36-21-12-20-35-34-19-8-11-24-39(34)48-40(35)36)47-43(46-41)44(31-26-25-28-13-4-5-16-30(28)27-31)37-22-9-6-17-32(37)33-18-7-10-23-38(33)44/h1-27H. The van der Waals surface area contributed by atoms with E-state index in [4.69, 9.17) is 19.4 Å². The Balaban J connectivity index is 1.35. The molecule has 0 saturated carbocycles. The van der Waals surface area contributed by atoms with Crippen LogP contribution in [0.2, 0.25) is 0 Å². The van der Waals surface area contributed by atoms with Gasteiger partial charge in [0.1, 0.15) is 16.6 Å². The van der Waals surface area contributed by atoms with Gasteiger partial charge in [0.25, 0.3) is 0 Å². The molecule has 0 atom stereocenters. The topological polar surface area (TPSA) is 51.8 Å². The van der Waals surface area contributed by atoms with Crippen LogP contribution in [0, 0.1) is 0 Å². The summed E-state index contributed by atoms with van der Waals surface area (Å²) in [7, 11) is 0. The van der Waals surface area contributed by atoms with Crippen molar-refractivity contribution >= 4 is 32.7 Å². The van der Waals surface area contributed by atoms with Crippen molar-refractivity contribution in [2.24, 2.45) is 0 Å². The average molecular weight is 614 g/mol. The summed E-state index contributed by atoms with van der Waals surface area (Å²) in [4.78, 5) is 16.1. The maximum atomic E-state index is 6.52. The fourth-order valence-corrected chi connectivity index (χ4v) is 7.64. The van der Waals surface area contributed by atoms with Gasteiger partial charge in [-0.05, 0) is 56.8 Å². The zero-order valence-electron chi connectivity index (χ0n) is 25.8. The summed E-state index contributed by atoms with van der Waals surface area (Å²) >= 11 is 0. The summed E-state index contributed by atoms with van der Waals surface area (Å²) in [5.74, 6) is 1.86. The molecule has 0 spiro atoms. The Labute approximate surface area is 277 Å². The molecule has 10 rings (SSSR count). The maximum absolute atomic E-state index is 6.52. The summed E-state index contributed by atoms with van der Waals surface area (Å²) < 4.78 is 6.52.